The number of allylic oxidation sites excluding steroid dienone is 4. The number of fused-ring (bicyclic) bond motifs is 1. The highest BCUT2D eigenvalue weighted by Crippen LogP contribution is 2.22. The minimum atomic E-state index is -0.722. The van der Waals surface area contributed by atoms with Crippen molar-refractivity contribution in [2.45, 2.75) is 19.4 Å². The van der Waals surface area contributed by atoms with E-state index in [4.69, 9.17) is 0 Å². The Hall–Kier alpha value is -3.22. The molecule has 0 bridgehead atoms. The number of esters is 1. The van der Waals surface area contributed by atoms with E-state index < -0.39 is 16.5 Å². The average molecular weight is 340 g/mol. The Morgan fingerprint density at radius 3 is 2.80 bits per heavy atom. The molecule has 1 heterocycles. The molecular weight excluding hydrogens is 324 g/mol. The molecule has 128 valence electrons. The molecule has 0 aliphatic heterocycles. The van der Waals surface area contributed by atoms with Gasteiger partial charge in [0.15, 0.2) is 0 Å². The number of aryl methyl sites for hydroxylation is 1. The van der Waals surface area contributed by atoms with Crippen LogP contribution < -0.4 is 5.56 Å². The highest BCUT2D eigenvalue weighted by Gasteiger charge is 2.18. The lowest BCUT2D eigenvalue weighted by atomic mass is 10.1. The summed E-state index contributed by atoms with van der Waals surface area (Å²) in [6.45, 7) is 0.328. The molecule has 0 amide bonds. The van der Waals surface area contributed by atoms with Crippen LogP contribution in [0.4, 0.5) is 5.69 Å². The summed E-state index contributed by atoms with van der Waals surface area (Å²) in [5, 5.41) is 11.6. The summed E-state index contributed by atoms with van der Waals surface area (Å²) < 4.78 is 6.09. The zero-order valence-electron chi connectivity index (χ0n) is 13.6. The standard InChI is InChI=1S/C18H16N2O5/c1-25-18(22)15-10-13-6-7-14(20(23)24)11-16(13)19(17(15)21)9-8-12-4-2-3-5-12/h2-4,6-7,10-11H,5,8-9H2,1H3. The number of nitro groups is 1. The highest BCUT2D eigenvalue weighted by molar-refractivity contribution is 5.94. The SMILES string of the molecule is COC(=O)c1cc2ccc([N+](=O)[O-])cc2n(CCC2=CC=CC2)c1=O. The Bertz CT molecular complexity index is 985. The maximum Gasteiger partial charge on any atom is 0.343 e. The third-order valence-corrected chi connectivity index (χ3v) is 4.20. The fourth-order valence-corrected chi connectivity index (χ4v) is 2.88. The number of nitrogens with zero attached hydrogens (tertiary/aromatic N) is 2. The summed E-state index contributed by atoms with van der Waals surface area (Å²) in [6, 6.07) is 5.66. The van der Waals surface area contributed by atoms with Gasteiger partial charge in [-0.2, -0.15) is 0 Å². The van der Waals surface area contributed by atoms with Gasteiger partial charge in [0.05, 0.1) is 17.5 Å². The molecule has 0 atom stereocenters. The Morgan fingerprint density at radius 1 is 1.36 bits per heavy atom. The molecule has 7 nitrogen and oxygen atoms in total. The normalized spacial score (nSPS) is 13.1. The molecule has 2 aromatic rings. The molecular formula is C18H16N2O5. The summed E-state index contributed by atoms with van der Waals surface area (Å²) in [6.07, 6.45) is 7.40. The van der Waals surface area contributed by atoms with Gasteiger partial charge >= 0.3 is 5.97 Å². The zero-order chi connectivity index (χ0) is 18.0. The van der Waals surface area contributed by atoms with E-state index in [9.17, 15) is 19.7 Å². The fraction of sp³-hybridized carbons (Fsp3) is 0.222. The number of aromatic nitrogens is 1. The molecule has 7 heteroatoms. The lowest BCUT2D eigenvalue weighted by Crippen LogP contribution is -2.27. The first-order valence-electron chi connectivity index (χ1n) is 7.76. The minimum absolute atomic E-state index is 0.0811. The molecule has 0 spiro atoms. The minimum Gasteiger partial charge on any atom is -0.465 e. The van der Waals surface area contributed by atoms with Crippen molar-refractivity contribution in [2.24, 2.45) is 0 Å². The van der Waals surface area contributed by atoms with Gasteiger partial charge in [-0.1, -0.05) is 23.8 Å². The van der Waals surface area contributed by atoms with E-state index in [1.165, 1.54) is 35.9 Å². The molecule has 0 fully saturated rings. The van der Waals surface area contributed by atoms with E-state index in [-0.39, 0.29) is 11.3 Å². The number of nitro benzene ring substituents is 1. The van der Waals surface area contributed by atoms with E-state index in [0.29, 0.717) is 23.9 Å². The van der Waals surface area contributed by atoms with Gasteiger partial charge in [-0.05, 0) is 30.4 Å². The predicted molar refractivity (Wildman–Crippen MR) is 92.7 cm³/mol. The Labute approximate surface area is 143 Å². The van der Waals surface area contributed by atoms with Crippen LogP contribution in [0, 0.1) is 10.1 Å². The summed E-state index contributed by atoms with van der Waals surface area (Å²) in [7, 11) is 1.21. The van der Waals surface area contributed by atoms with Gasteiger partial charge in [0.25, 0.3) is 11.2 Å². The van der Waals surface area contributed by atoms with Gasteiger partial charge in [0.1, 0.15) is 5.56 Å². The quantitative estimate of drug-likeness (QED) is 0.474. The van der Waals surface area contributed by atoms with E-state index >= 15 is 0 Å². The largest absolute Gasteiger partial charge is 0.465 e. The Morgan fingerprint density at radius 2 is 2.16 bits per heavy atom. The first-order chi connectivity index (χ1) is 12.0. The molecule has 0 unspecified atom stereocenters. The summed E-state index contributed by atoms with van der Waals surface area (Å²) in [5.41, 5.74) is 0.898. The van der Waals surface area contributed by atoms with Crippen LogP contribution in [0.5, 0.6) is 0 Å². The lowest BCUT2D eigenvalue weighted by Gasteiger charge is -2.12. The molecule has 0 saturated heterocycles. The van der Waals surface area contributed by atoms with Gasteiger partial charge in [0.2, 0.25) is 0 Å². The van der Waals surface area contributed by atoms with Crippen LogP contribution in [0.25, 0.3) is 10.9 Å². The van der Waals surface area contributed by atoms with Gasteiger partial charge < -0.3 is 9.30 Å². The number of rotatable bonds is 5. The first kappa shape index (κ1) is 16.6. The maximum atomic E-state index is 12.7. The molecule has 25 heavy (non-hydrogen) atoms. The Kier molecular flexibility index (Phi) is 4.47. The number of ether oxygens (including phenoxy) is 1. The molecule has 1 aliphatic carbocycles. The second-order valence-electron chi connectivity index (χ2n) is 5.71. The molecule has 0 N–H and O–H groups in total. The van der Waals surface area contributed by atoms with Crippen molar-refractivity contribution < 1.29 is 14.5 Å². The van der Waals surface area contributed by atoms with Crippen LogP contribution in [0.3, 0.4) is 0 Å². The third-order valence-electron chi connectivity index (χ3n) is 4.20. The van der Waals surface area contributed by atoms with Crippen LogP contribution in [0.2, 0.25) is 0 Å². The number of methoxy groups -OCH3 is 1. The molecule has 1 aromatic heterocycles. The highest BCUT2D eigenvalue weighted by atomic mass is 16.6. The average Bonchev–Trinajstić information content (AvgIpc) is 3.12. The Balaban J connectivity index is 2.14. The van der Waals surface area contributed by atoms with Crippen LogP contribution >= 0.6 is 0 Å². The van der Waals surface area contributed by atoms with Gasteiger partial charge in [-0.3, -0.25) is 14.9 Å². The van der Waals surface area contributed by atoms with Gasteiger partial charge in [0, 0.05) is 18.7 Å². The van der Waals surface area contributed by atoms with Gasteiger partial charge in [-0.15, -0.1) is 0 Å². The fourth-order valence-electron chi connectivity index (χ4n) is 2.88. The summed E-state index contributed by atoms with van der Waals surface area (Å²) >= 11 is 0. The van der Waals surface area contributed by atoms with E-state index in [0.717, 1.165) is 12.0 Å². The number of benzene rings is 1. The third kappa shape index (κ3) is 3.21. The smallest absolute Gasteiger partial charge is 0.343 e. The molecule has 3 rings (SSSR count). The van der Waals surface area contributed by atoms with Crippen LogP contribution in [-0.4, -0.2) is 22.6 Å². The number of hydrogen-bond acceptors (Lipinski definition) is 5. The molecule has 0 radical (unpaired) electrons. The predicted octanol–water partition coefficient (Wildman–Crippen LogP) is 2.97. The maximum absolute atomic E-state index is 12.7. The second kappa shape index (κ2) is 6.72. The second-order valence-corrected chi connectivity index (χ2v) is 5.71. The zero-order valence-corrected chi connectivity index (χ0v) is 13.6. The van der Waals surface area contributed by atoms with Crippen molar-refractivity contribution in [3.05, 3.63) is 74.1 Å². The van der Waals surface area contributed by atoms with Crippen molar-refractivity contribution in [3.8, 4) is 0 Å². The van der Waals surface area contributed by atoms with Crippen LogP contribution in [0.15, 0.2) is 52.9 Å². The lowest BCUT2D eigenvalue weighted by molar-refractivity contribution is -0.384. The van der Waals surface area contributed by atoms with E-state index in [1.54, 1.807) is 0 Å². The van der Waals surface area contributed by atoms with Crippen molar-refractivity contribution in [3.63, 3.8) is 0 Å². The summed E-state index contributed by atoms with van der Waals surface area (Å²) in [5.74, 6) is -0.722. The number of carbonyl (C=O) groups excluding carboxylic acids is 1. The van der Waals surface area contributed by atoms with Crippen molar-refractivity contribution in [1.82, 2.24) is 4.57 Å². The number of hydrogen-bond donors (Lipinski definition) is 0. The monoisotopic (exact) mass is 340 g/mol. The van der Waals surface area contributed by atoms with E-state index in [2.05, 4.69) is 4.74 Å². The molecule has 1 aliphatic rings. The number of non-ortho nitro benzene ring substituents is 1. The summed E-state index contributed by atoms with van der Waals surface area (Å²) in [4.78, 5) is 35.2. The number of carbonyl (C=O) groups is 1. The first-order valence-corrected chi connectivity index (χ1v) is 7.76. The van der Waals surface area contributed by atoms with E-state index in [1.807, 2.05) is 18.2 Å². The topological polar surface area (TPSA) is 91.4 Å². The van der Waals surface area contributed by atoms with Crippen LogP contribution in [0.1, 0.15) is 23.2 Å². The van der Waals surface area contributed by atoms with Gasteiger partial charge in [-0.25, -0.2) is 4.79 Å². The molecule has 0 saturated carbocycles. The van der Waals surface area contributed by atoms with Crippen LogP contribution in [-0.2, 0) is 11.3 Å². The molecule has 1 aromatic carbocycles. The van der Waals surface area contributed by atoms with Crippen molar-refractivity contribution in [2.75, 3.05) is 7.11 Å². The van der Waals surface area contributed by atoms with Crippen molar-refractivity contribution >= 4 is 22.6 Å². The number of pyridine rings is 1. The van der Waals surface area contributed by atoms with Crippen molar-refractivity contribution in [1.29, 1.82) is 0 Å².